The van der Waals surface area contributed by atoms with Gasteiger partial charge in [-0.1, -0.05) is 6.08 Å². The summed E-state index contributed by atoms with van der Waals surface area (Å²) < 4.78 is 7.90. The van der Waals surface area contributed by atoms with Crippen LogP contribution in [0.15, 0.2) is 33.2 Å². The minimum absolute atomic E-state index is 0.181. The number of allylic oxidation sites excluding steroid dienone is 1. The van der Waals surface area contributed by atoms with Crippen LogP contribution < -0.4 is 10.5 Å². The van der Waals surface area contributed by atoms with E-state index in [0.717, 1.165) is 33.1 Å². The number of ether oxygens (including phenoxy) is 1. The molecule has 2 N–H and O–H groups in total. The molecule has 0 aliphatic heterocycles. The third kappa shape index (κ3) is 3.33. The Morgan fingerprint density at radius 1 is 1.29 bits per heavy atom. The summed E-state index contributed by atoms with van der Waals surface area (Å²) in [5.41, 5.74) is 6.71. The van der Waals surface area contributed by atoms with Gasteiger partial charge in [0.2, 0.25) is 0 Å². The zero-order valence-electron chi connectivity index (χ0n) is 9.46. The van der Waals surface area contributed by atoms with Crippen molar-refractivity contribution in [2.24, 2.45) is 5.73 Å². The highest BCUT2D eigenvalue weighted by Crippen LogP contribution is 2.36. The molecule has 1 aromatic rings. The second-order valence-corrected chi connectivity index (χ2v) is 5.82. The first-order chi connectivity index (χ1) is 8.20. The second kappa shape index (κ2) is 6.03. The van der Waals surface area contributed by atoms with Gasteiger partial charge < -0.3 is 10.5 Å². The third-order valence-corrected chi connectivity index (χ3v) is 3.95. The Morgan fingerprint density at radius 3 is 2.53 bits per heavy atom. The summed E-state index contributed by atoms with van der Waals surface area (Å²) in [5.74, 6) is 0.860. The zero-order valence-corrected chi connectivity index (χ0v) is 12.6. The van der Waals surface area contributed by atoms with Crippen molar-refractivity contribution in [3.63, 3.8) is 0 Å². The highest BCUT2D eigenvalue weighted by Gasteiger charge is 2.15. The first kappa shape index (κ1) is 13.1. The molecule has 2 rings (SSSR count). The van der Waals surface area contributed by atoms with Crippen molar-refractivity contribution in [3.8, 4) is 5.75 Å². The molecule has 0 radical (unpaired) electrons. The van der Waals surface area contributed by atoms with Gasteiger partial charge in [-0.25, -0.2) is 0 Å². The average Bonchev–Trinajstić information content (AvgIpc) is 2.35. The average molecular weight is 361 g/mol. The van der Waals surface area contributed by atoms with Gasteiger partial charge >= 0.3 is 0 Å². The fourth-order valence-electron chi connectivity index (χ4n) is 1.87. The summed E-state index contributed by atoms with van der Waals surface area (Å²) in [5, 5.41) is 0. The molecule has 1 aliphatic rings. The fourth-order valence-corrected chi connectivity index (χ4v) is 3.34. The smallest absolute Gasteiger partial charge is 0.148 e. The van der Waals surface area contributed by atoms with Crippen molar-refractivity contribution in [1.82, 2.24) is 0 Å². The normalized spacial score (nSPS) is 19.4. The molecule has 1 atom stereocenters. The number of rotatable bonds is 3. The number of hydrogen-bond acceptors (Lipinski definition) is 2. The molecule has 17 heavy (non-hydrogen) atoms. The molecule has 2 nitrogen and oxygen atoms in total. The molecule has 4 heteroatoms. The van der Waals surface area contributed by atoms with Crippen molar-refractivity contribution >= 4 is 31.9 Å². The Balaban J connectivity index is 2.20. The lowest BCUT2D eigenvalue weighted by Crippen LogP contribution is -2.16. The van der Waals surface area contributed by atoms with Crippen LogP contribution in [0.2, 0.25) is 0 Å². The van der Waals surface area contributed by atoms with E-state index in [1.165, 1.54) is 6.42 Å². The van der Waals surface area contributed by atoms with Crippen LogP contribution in [0, 0.1) is 0 Å². The number of halogens is 2. The van der Waals surface area contributed by atoms with Gasteiger partial charge in [0.25, 0.3) is 0 Å². The van der Waals surface area contributed by atoms with Crippen molar-refractivity contribution in [2.75, 3.05) is 0 Å². The summed E-state index contributed by atoms with van der Waals surface area (Å²) in [6.07, 6.45) is 7.93. The second-order valence-electron chi connectivity index (χ2n) is 4.11. The first-order valence-electron chi connectivity index (χ1n) is 5.72. The molecule has 1 aliphatic carbocycles. The molecule has 1 unspecified atom stereocenters. The molecule has 0 saturated carbocycles. The van der Waals surface area contributed by atoms with Gasteiger partial charge in [-0.15, -0.1) is 0 Å². The van der Waals surface area contributed by atoms with Crippen LogP contribution in [0.25, 0.3) is 0 Å². The third-order valence-electron chi connectivity index (χ3n) is 2.77. The maximum atomic E-state index is 5.99. The fraction of sp³-hybridized carbons (Fsp3) is 0.385. The minimum atomic E-state index is 0.181. The SMILES string of the molecule is NCc1cc(Br)c(OC2C=CCCC2)c(Br)c1. The van der Waals surface area contributed by atoms with E-state index >= 15 is 0 Å². The lowest BCUT2D eigenvalue weighted by atomic mass is 10.1. The van der Waals surface area contributed by atoms with Gasteiger partial charge in [-0.3, -0.25) is 0 Å². The van der Waals surface area contributed by atoms with E-state index in [1.54, 1.807) is 0 Å². The zero-order chi connectivity index (χ0) is 12.3. The maximum absolute atomic E-state index is 5.99. The van der Waals surface area contributed by atoms with Crippen LogP contribution in [0.4, 0.5) is 0 Å². The Kier molecular flexibility index (Phi) is 4.65. The molecule has 0 saturated heterocycles. The lowest BCUT2D eigenvalue weighted by molar-refractivity contribution is 0.227. The van der Waals surface area contributed by atoms with Crippen molar-refractivity contribution in [3.05, 3.63) is 38.8 Å². The quantitative estimate of drug-likeness (QED) is 0.821. The molecule has 0 bridgehead atoms. The molecule has 0 aromatic heterocycles. The lowest BCUT2D eigenvalue weighted by Gasteiger charge is -2.20. The van der Waals surface area contributed by atoms with Crippen molar-refractivity contribution in [2.45, 2.75) is 31.9 Å². The standard InChI is InChI=1S/C13H15Br2NO/c14-11-6-9(8-16)7-12(15)13(11)17-10-4-2-1-3-5-10/h2,4,6-7,10H,1,3,5,8,16H2. The highest BCUT2D eigenvalue weighted by atomic mass is 79.9. The van der Waals surface area contributed by atoms with E-state index in [-0.39, 0.29) is 6.10 Å². The number of nitrogens with two attached hydrogens (primary N) is 1. The van der Waals surface area contributed by atoms with E-state index in [4.69, 9.17) is 10.5 Å². The van der Waals surface area contributed by atoms with Crippen LogP contribution in [0.3, 0.4) is 0 Å². The predicted octanol–water partition coefficient (Wildman–Crippen LogP) is 4.16. The van der Waals surface area contributed by atoms with Gasteiger partial charge in [0.15, 0.2) is 0 Å². The van der Waals surface area contributed by atoms with Gasteiger partial charge in [0.05, 0.1) is 8.95 Å². The van der Waals surface area contributed by atoms with Gasteiger partial charge in [0.1, 0.15) is 11.9 Å². The molecule has 0 fully saturated rings. The summed E-state index contributed by atoms with van der Waals surface area (Å²) in [6, 6.07) is 4.01. The van der Waals surface area contributed by atoms with Crippen LogP contribution in [-0.2, 0) is 6.54 Å². The van der Waals surface area contributed by atoms with Gasteiger partial charge in [-0.05, 0) is 74.9 Å². The molecule has 0 amide bonds. The number of benzene rings is 1. The summed E-state index contributed by atoms with van der Waals surface area (Å²) in [6.45, 7) is 0.529. The topological polar surface area (TPSA) is 35.2 Å². The Hall–Kier alpha value is -0.320. The van der Waals surface area contributed by atoms with E-state index in [0.29, 0.717) is 6.54 Å². The van der Waals surface area contributed by atoms with Gasteiger partial charge in [0, 0.05) is 6.54 Å². The predicted molar refractivity (Wildman–Crippen MR) is 77.1 cm³/mol. The van der Waals surface area contributed by atoms with E-state index in [9.17, 15) is 0 Å². The molecule has 0 spiro atoms. The monoisotopic (exact) mass is 359 g/mol. The molecule has 0 heterocycles. The molecular formula is C13H15Br2NO. The van der Waals surface area contributed by atoms with E-state index < -0.39 is 0 Å². The minimum Gasteiger partial charge on any atom is -0.484 e. The summed E-state index contributed by atoms with van der Waals surface area (Å²) in [4.78, 5) is 0. The van der Waals surface area contributed by atoms with E-state index in [2.05, 4.69) is 44.0 Å². The van der Waals surface area contributed by atoms with Crippen LogP contribution >= 0.6 is 31.9 Å². The highest BCUT2D eigenvalue weighted by molar-refractivity contribution is 9.11. The summed E-state index contributed by atoms with van der Waals surface area (Å²) >= 11 is 7.06. The molecule has 92 valence electrons. The Bertz CT molecular complexity index is 408. The first-order valence-corrected chi connectivity index (χ1v) is 7.30. The van der Waals surface area contributed by atoms with Crippen molar-refractivity contribution in [1.29, 1.82) is 0 Å². The maximum Gasteiger partial charge on any atom is 0.148 e. The molecule has 1 aromatic carbocycles. The Morgan fingerprint density at radius 2 is 2.00 bits per heavy atom. The van der Waals surface area contributed by atoms with Crippen molar-refractivity contribution < 1.29 is 4.74 Å². The summed E-state index contributed by atoms with van der Waals surface area (Å²) in [7, 11) is 0. The van der Waals surface area contributed by atoms with Gasteiger partial charge in [-0.2, -0.15) is 0 Å². The van der Waals surface area contributed by atoms with E-state index in [1.807, 2.05) is 12.1 Å². The number of hydrogen-bond donors (Lipinski definition) is 1. The molecular weight excluding hydrogens is 346 g/mol. The Labute approximate surface area is 118 Å². The largest absolute Gasteiger partial charge is 0.484 e. The van der Waals surface area contributed by atoms with Crippen LogP contribution in [0.1, 0.15) is 24.8 Å². The van der Waals surface area contributed by atoms with Crippen LogP contribution in [0.5, 0.6) is 5.75 Å². The van der Waals surface area contributed by atoms with Crippen LogP contribution in [-0.4, -0.2) is 6.10 Å².